The van der Waals surface area contributed by atoms with Crippen molar-refractivity contribution in [2.45, 2.75) is 12.8 Å². The first-order valence-corrected chi connectivity index (χ1v) is 6.41. The Morgan fingerprint density at radius 1 is 1.30 bits per heavy atom. The average molecular weight is 283 g/mol. The van der Waals surface area contributed by atoms with E-state index in [1.54, 1.807) is 19.2 Å². The van der Waals surface area contributed by atoms with E-state index in [4.69, 9.17) is 9.84 Å². The standard InChI is InChI=1S/C15H19F2NO2/c1-18(12-15(16)17)9-11-20-14-7-5-13(6-8-14)4-2-3-10-19/h5-8,15,19H,3,9-12H2,1H3. The van der Waals surface area contributed by atoms with Gasteiger partial charge in [-0.2, -0.15) is 0 Å². The van der Waals surface area contributed by atoms with Crippen LogP contribution in [0.15, 0.2) is 24.3 Å². The first kappa shape index (κ1) is 16.4. The largest absolute Gasteiger partial charge is 0.492 e. The van der Waals surface area contributed by atoms with Gasteiger partial charge in [0.2, 0.25) is 0 Å². The van der Waals surface area contributed by atoms with Gasteiger partial charge in [0.25, 0.3) is 6.43 Å². The molecular formula is C15H19F2NO2. The molecule has 1 aromatic rings. The van der Waals surface area contributed by atoms with E-state index < -0.39 is 6.43 Å². The molecule has 20 heavy (non-hydrogen) atoms. The molecule has 0 spiro atoms. The van der Waals surface area contributed by atoms with Crippen LogP contribution in [0, 0.1) is 11.8 Å². The number of hydrogen-bond donors (Lipinski definition) is 1. The molecule has 0 saturated carbocycles. The molecule has 0 radical (unpaired) electrons. The number of hydrogen-bond acceptors (Lipinski definition) is 3. The Kier molecular flexibility index (Phi) is 7.63. The summed E-state index contributed by atoms with van der Waals surface area (Å²) in [6.45, 7) is 0.615. The second kappa shape index (κ2) is 9.29. The number of likely N-dealkylation sites (N-methyl/N-ethyl adjacent to an activating group) is 1. The van der Waals surface area contributed by atoms with E-state index >= 15 is 0 Å². The van der Waals surface area contributed by atoms with E-state index in [2.05, 4.69) is 11.8 Å². The number of aliphatic hydroxyl groups excluding tert-OH is 1. The Morgan fingerprint density at radius 3 is 2.60 bits per heavy atom. The second-order valence-electron chi connectivity index (χ2n) is 4.30. The van der Waals surface area contributed by atoms with Gasteiger partial charge in [-0.25, -0.2) is 8.78 Å². The molecule has 0 bridgehead atoms. The summed E-state index contributed by atoms with van der Waals surface area (Å²) in [4.78, 5) is 1.53. The Bertz CT molecular complexity index is 437. The Labute approximate surface area is 118 Å². The maximum atomic E-state index is 12.1. The van der Waals surface area contributed by atoms with Gasteiger partial charge in [-0.05, 0) is 31.3 Å². The zero-order valence-electron chi connectivity index (χ0n) is 11.5. The van der Waals surface area contributed by atoms with Crippen molar-refractivity contribution < 1.29 is 18.6 Å². The Balaban J connectivity index is 2.33. The molecule has 0 heterocycles. The molecule has 1 N–H and O–H groups in total. The molecular weight excluding hydrogens is 264 g/mol. The second-order valence-corrected chi connectivity index (χ2v) is 4.30. The predicted molar refractivity (Wildman–Crippen MR) is 74.0 cm³/mol. The molecule has 0 unspecified atom stereocenters. The van der Waals surface area contributed by atoms with E-state index in [1.807, 2.05) is 12.1 Å². The molecule has 110 valence electrons. The molecule has 0 aromatic heterocycles. The van der Waals surface area contributed by atoms with Crippen molar-refractivity contribution in [3.8, 4) is 17.6 Å². The van der Waals surface area contributed by atoms with Gasteiger partial charge < -0.3 is 9.84 Å². The summed E-state index contributed by atoms with van der Waals surface area (Å²) in [5, 5.41) is 8.61. The Morgan fingerprint density at radius 2 is 2.00 bits per heavy atom. The van der Waals surface area contributed by atoms with E-state index in [0.717, 1.165) is 5.56 Å². The zero-order valence-corrected chi connectivity index (χ0v) is 11.5. The van der Waals surface area contributed by atoms with Gasteiger partial charge in [0, 0.05) is 18.5 Å². The van der Waals surface area contributed by atoms with Crippen LogP contribution >= 0.6 is 0 Å². The highest BCUT2D eigenvalue weighted by atomic mass is 19.3. The van der Waals surface area contributed by atoms with Crippen LogP contribution in [-0.2, 0) is 0 Å². The molecule has 1 rings (SSSR count). The minimum atomic E-state index is -2.32. The van der Waals surface area contributed by atoms with Gasteiger partial charge in [0.1, 0.15) is 12.4 Å². The van der Waals surface area contributed by atoms with Crippen molar-refractivity contribution in [3.05, 3.63) is 29.8 Å². The molecule has 0 aliphatic carbocycles. The molecule has 0 saturated heterocycles. The third kappa shape index (κ3) is 7.07. The van der Waals surface area contributed by atoms with Gasteiger partial charge in [-0.1, -0.05) is 11.8 Å². The van der Waals surface area contributed by atoms with Crippen molar-refractivity contribution >= 4 is 0 Å². The molecule has 0 atom stereocenters. The first-order valence-electron chi connectivity index (χ1n) is 6.41. The van der Waals surface area contributed by atoms with Gasteiger partial charge in [0.15, 0.2) is 0 Å². The highest BCUT2D eigenvalue weighted by Gasteiger charge is 2.07. The number of halogens is 2. The number of alkyl halides is 2. The molecule has 0 aliphatic rings. The number of benzene rings is 1. The zero-order chi connectivity index (χ0) is 14.8. The first-order chi connectivity index (χ1) is 9.61. The molecule has 0 amide bonds. The van der Waals surface area contributed by atoms with E-state index in [0.29, 0.717) is 25.3 Å². The van der Waals surface area contributed by atoms with Crippen molar-refractivity contribution in [2.75, 3.05) is 33.4 Å². The maximum Gasteiger partial charge on any atom is 0.251 e. The quantitative estimate of drug-likeness (QED) is 0.777. The summed E-state index contributed by atoms with van der Waals surface area (Å²) in [6, 6.07) is 7.22. The van der Waals surface area contributed by atoms with Crippen molar-refractivity contribution in [3.63, 3.8) is 0 Å². The van der Waals surface area contributed by atoms with Gasteiger partial charge in [0.05, 0.1) is 13.2 Å². The highest BCUT2D eigenvalue weighted by Crippen LogP contribution is 2.11. The minimum absolute atomic E-state index is 0.0559. The summed E-state index contributed by atoms with van der Waals surface area (Å²) in [6.07, 6.45) is -1.87. The summed E-state index contributed by atoms with van der Waals surface area (Å²) >= 11 is 0. The topological polar surface area (TPSA) is 32.7 Å². The molecule has 0 fully saturated rings. The lowest BCUT2D eigenvalue weighted by atomic mass is 10.2. The molecule has 1 aromatic carbocycles. The summed E-state index contributed by atoms with van der Waals surface area (Å²) < 4.78 is 29.7. The van der Waals surface area contributed by atoms with Gasteiger partial charge >= 0.3 is 0 Å². The summed E-state index contributed by atoms with van der Waals surface area (Å²) in [7, 11) is 1.63. The number of aliphatic hydroxyl groups is 1. The van der Waals surface area contributed by atoms with Crippen LogP contribution in [0.5, 0.6) is 5.75 Å². The molecule has 3 nitrogen and oxygen atoms in total. The normalized spacial score (nSPS) is 10.5. The van der Waals surface area contributed by atoms with Crippen LogP contribution in [-0.4, -0.2) is 49.8 Å². The Hall–Kier alpha value is -1.64. The fourth-order valence-electron chi connectivity index (χ4n) is 1.50. The summed E-state index contributed by atoms with van der Waals surface area (Å²) in [5.74, 6) is 6.42. The SMILES string of the molecule is CN(CCOc1ccc(C#CCCO)cc1)CC(F)F. The lowest BCUT2D eigenvalue weighted by Crippen LogP contribution is -2.28. The van der Waals surface area contributed by atoms with Gasteiger partial charge in [-0.15, -0.1) is 0 Å². The smallest absolute Gasteiger partial charge is 0.251 e. The van der Waals surface area contributed by atoms with Crippen molar-refractivity contribution in [1.82, 2.24) is 4.90 Å². The lowest BCUT2D eigenvalue weighted by molar-refractivity contribution is 0.0935. The lowest BCUT2D eigenvalue weighted by Gasteiger charge is -2.16. The van der Waals surface area contributed by atoms with E-state index in [9.17, 15) is 8.78 Å². The van der Waals surface area contributed by atoms with Crippen LogP contribution in [0.25, 0.3) is 0 Å². The van der Waals surface area contributed by atoms with Crippen molar-refractivity contribution in [2.24, 2.45) is 0 Å². The monoisotopic (exact) mass is 283 g/mol. The van der Waals surface area contributed by atoms with E-state index in [1.165, 1.54) is 4.90 Å². The molecule has 0 aliphatic heterocycles. The van der Waals surface area contributed by atoms with Crippen LogP contribution in [0.4, 0.5) is 8.78 Å². The highest BCUT2D eigenvalue weighted by molar-refractivity contribution is 5.38. The maximum absolute atomic E-state index is 12.1. The van der Waals surface area contributed by atoms with Crippen LogP contribution in [0.3, 0.4) is 0 Å². The fraction of sp³-hybridized carbons (Fsp3) is 0.467. The summed E-state index contributed by atoms with van der Waals surface area (Å²) in [5.41, 5.74) is 0.848. The molecule has 5 heteroatoms. The average Bonchev–Trinajstić information content (AvgIpc) is 2.40. The van der Waals surface area contributed by atoms with Crippen LogP contribution < -0.4 is 4.74 Å². The van der Waals surface area contributed by atoms with Crippen LogP contribution in [0.1, 0.15) is 12.0 Å². The van der Waals surface area contributed by atoms with Crippen LogP contribution in [0.2, 0.25) is 0 Å². The van der Waals surface area contributed by atoms with E-state index in [-0.39, 0.29) is 13.2 Å². The number of nitrogens with zero attached hydrogens (tertiary/aromatic N) is 1. The van der Waals surface area contributed by atoms with Crippen molar-refractivity contribution in [1.29, 1.82) is 0 Å². The number of rotatable bonds is 7. The fourth-order valence-corrected chi connectivity index (χ4v) is 1.50. The number of ether oxygens (including phenoxy) is 1. The third-order valence-corrected chi connectivity index (χ3v) is 2.52. The minimum Gasteiger partial charge on any atom is -0.492 e. The van der Waals surface area contributed by atoms with Gasteiger partial charge in [-0.3, -0.25) is 4.90 Å². The third-order valence-electron chi connectivity index (χ3n) is 2.52. The predicted octanol–water partition coefficient (Wildman–Crippen LogP) is 2.00.